The maximum Gasteiger partial charge on any atom is 0.251 e. The zero-order valence-electron chi connectivity index (χ0n) is 14.4. The summed E-state index contributed by atoms with van der Waals surface area (Å²) in [6.07, 6.45) is 0.619. The van der Waals surface area contributed by atoms with Crippen LogP contribution in [-0.4, -0.2) is 26.1 Å². The van der Waals surface area contributed by atoms with Gasteiger partial charge in [0.2, 0.25) is 10.0 Å². The van der Waals surface area contributed by atoms with Crippen molar-refractivity contribution >= 4 is 21.6 Å². The summed E-state index contributed by atoms with van der Waals surface area (Å²) in [6, 6.07) is 14.8. The van der Waals surface area contributed by atoms with Gasteiger partial charge in [0.05, 0.1) is 11.4 Å². The SMILES string of the molecule is CCS(=O)(=O)N1c2ccc(C(=O)NCc3ccccc3)cc2C[C@H]1C. The fraction of sp³-hybridized carbons (Fsp3) is 0.316. The van der Waals surface area contributed by atoms with E-state index in [1.807, 2.05) is 37.3 Å². The molecular formula is C19H22N2O3S. The van der Waals surface area contributed by atoms with Crippen LogP contribution in [0.25, 0.3) is 0 Å². The molecule has 0 spiro atoms. The molecule has 1 N–H and O–H groups in total. The number of sulfonamides is 1. The first-order valence-electron chi connectivity index (χ1n) is 8.39. The summed E-state index contributed by atoms with van der Waals surface area (Å²) < 4.78 is 26.1. The highest BCUT2D eigenvalue weighted by Gasteiger charge is 2.34. The van der Waals surface area contributed by atoms with E-state index in [0.29, 0.717) is 24.2 Å². The lowest BCUT2D eigenvalue weighted by Gasteiger charge is -2.23. The smallest absolute Gasteiger partial charge is 0.251 e. The van der Waals surface area contributed by atoms with Crippen molar-refractivity contribution in [3.63, 3.8) is 0 Å². The van der Waals surface area contributed by atoms with Crippen LogP contribution in [0.1, 0.15) is 35.3 Å². The predicted molar refractivity (Wildman–Crippen MR) is 99.2 cm³/mol. The summed E-state index contributed by atoms with van der Waals surface area (Å²) in [4.78, 5) is 12.4. The van der Waals surface area contributed by atoms with Crippen molar-refractivity contribution < 1.29 is 13.2 Å². The van der Waals surface area contributed by atoms with Gasteiger partial charge in [-0.05, 0) is 49.6 Å². The molecule has 132 valence electrons. The van der Waals surface area contributed by atoms with Gasteiger partial charge in [0.25, 0.3) is 5.91 Å². The highest BCUT2D eigenvalue weighted by atomic mass is 32.2. The Kier molecular flexibility index (Phi) is 4.81. The fourth-order valence-corrected chi connectivity index (χ4v) is 4.57. The van der Waals surface area contributed by atoms with Crippen molar-refractivity contribution in [3.8, 4) is 0 Å². The third-order valence-corrected chi connectivity index (χ3v) is 6.34. The number of rotatable bonds is 5. The van der Waals surface area contributed by atoms with Crippen molar-refractivity contribution in [2.24, 2.45) is 0 Å². The molecule has 0 aliphatic carbocycles. The number of fused-ring (bicyclic) bond motifs is 1. The molecule has 3 rings (SSSR count). The number of carbonyl (C=O) groups excluding carboxylic acids is 1. The third-order valence-electron chi connectivity index (χ3n) is 4.46. The minimum atomic E-state index is -3.31. The summed E-state index contributed by atoms with van der Waals surface area (Å²) in [5.74, 6) is -0.0908. The lowest BCUT2D eigenvalue weighted by Crippen LogP contribution is -2.36. The Labute approximate surface area is 148 Å². The number of hydrogen-bond donors (Lipinski definition) is 1. The van der Waals surface area contributed by atoms with E-state index < -0.39 is 10.0 Å². The predicted octanol–water partition coefficient (Wildman–Crippen LogP) is 2.72. The highest BCUT2D eigenvalue weighted by Crippen LogP contribution is 2.35. The van der Waals surface area contributed by atoms with Crippen LogP contribution in [0.2, 0.25) is 0 Å². The second-order valence-electron chi connectivity index (χ2n) is 6.26. The molecule has 1 amide bonds. The lowest BCUT2D eigenvalue weighted by atomic mass is 10.1. The normalized spacial score (nSPS) is 16.6. The van der Waals surface area contributed by atoms with E-state index in [-0.39, 0.29) is 17.7 Å². The molecule has 0 aromatic heterocycles. The number of nitrogens with zero attached hydrogens (tertiary/aromatic N) is 1. The van der Waals surface area contributed by atoms with Crippen molar-refractivity contribution in [1.82, 2.24) is 5.32 Å². The molecule has 0 fully saturated rings. The van der Waals surface area contributed by atoms with E-state index in [4.69, 9.17) is 0 Å². The Balaban J connectivity index is 1.78. The molecule has 1 atom stereocenters. The number of carbonyl (C=O) groups is 1. The van der Waals surface area contributed by atoms with Crippen LogP contribution in [-0.2, 0) is 23.0 Å². The van der Waals surface area contributed by atoms with Gasteiger partial charge in [-0.1, -0.05) is 30.3 Å². The van der Waals surface area contributed by atoms with Gasteiger partial charge in [-0.2, -0.15) is 0 Å². The van der Waals surface area contributed by atoms with Gasteiger partial charge in [-0.3, -0.25) is 9.10 Å². The molecule has 0 bridgehead atoms. The summed E-state index contributed by atoms with van der Waals surface area (Å²) >= 11 is 0. The Morgan fingerprint density at radius 2 is 1.92 bits per heavy atom. The fourth-order valence-electron chi connectivity index (χ4n) is 3.19. The van der Waals surface area contributed by atoms with Crippen LogP contribution in [0, 0.1) is 0 Å². The number of nitrogens with one attached hydrogen (secondary N) is 1. The van der Waals surface area contributed by atoms with Crippen molar-refractivity contribution in [2.45, 2.75) is 32.9 Å². The highest BCUT2D eigenvalue weighted by molar-refractivity contribution is 7.92. The molecule has 2 aromatic rings. The zero-order valence-corrected chi connectivity index (χ0v) is 15.2. The Morgan fingerprint density at radius 3 is 2.60 bits per heavy atom. The first-order chi connectivity index (χ1) is 11.9. The molecule has 0 saturated carbocycles. The van der Waals surface area contributed by atoms with Crippen LogP contribution in [0.15, 0.2) is 48.5 Å². The third kappa shape index (κ3) is 3.54. The second-order valence-corrected chi connectivity index (χ2v) is 8.40. The van der Waals surface area contributed by atoms with Gasteiger partial charge in [0, 0.05) is 18.2 Å². The van der Waals surface area contributed by atoms with Crippen LogP contribution in [0.3, 0.4) is 0 Å². The van der Waals surface area contributed by atoms with Gasteiger partial charge >= 0.3 is 0 Å². The van der Waals surface area contributed by atoms with Crippen molar-refractivity contribution in [3.05, 3.63) is 65.2 Å². The van der Waals surface area contributed by atoms with E-state index in [9.17, 15) is 13.2 Å². The van der Waals surface area contributed by atoms with E-state index in [1.54, 1.807) is 25.1 Å². The number of anilines is 1. The van der Waals surface area contributed by atoms with Gasteiger partial charge < -0.3 is 5.32 Å². The van der Waals surface area contributed by atoms with Crippen LogP contribution >= 0.6 is 0 Å². The summed E-state index contributed by atoms with van der Waals surface area (Å²) in [7, 11) is -3.31. The first-order valence-corrected chi connectivity index (χ1v) is 10.0. The van der Waals surface area contributed by atoms with Gasteiger partial charge in [0.15, 0.2) is 0 Å². The monoisotopic (exact) mass is 358 g/mol. The molecule has 2 aromatic carbocycles. The average molecular weight is 358 g/mol. The lowest BCUT2D eigenvalue weighted by molar-refractivity contribution is 0.0951. The Hall–Kier alpha value is -2.34. The molecule has 6 heteroatoms. The first kappa shape index (κ1) is 17.5. The van der Waals surface area contributed by atoms with Crippen LogP contribution < -0.4 is 9.62 Å². The van der Waals surface area contributed by atoms with Crippen LogP contribution in [0.5, 0.6) is 0 Å². The molecule has 0 saturated heterocycles. The summed E-state index contributed by atoms with van der Waals surface area (Å²) in [5.41, 5.74) is 3.18. The van der Waals surface area contributed by atoms with E-state index in [1.165, 1.54) is 4.31 Å². The summed E-state index contributed by atoms with van der Waals surface area (Å²) in [5, 5.41) is 2.90. The van der Waals surface area contributed by atoms with Gasteiger partial charge in [0.1, 0.15) is 0 Å². The Bertz CT molecular complexity index is 879. The minimum Gasteiger partial charge on any atom is -0.348 e. The number of amides is 1. The van der Waals surface area contributed by atoms with Gasteiger partial charge in [-0.25, -0.2) is 8.42 Å². The van der Waals surface area contributed by atoms with Crippen LogP contribution in [0.4, 0.5) is 5.69 Å². The molecule has 5 nitrogen and oxygen atoms in total. The van der Waals surface area contributed by atoms with E-state index in [0.717, 1.165) is 11.1 Å². The molecule has 0 unspecified atom stereocenters. The maximum atomic E-state index is 12.4. The van der Waals surface area contributed by atoms with Crippen molar-refractivity contribution in [1.29, 1.82) is 0 Å². The summed E-state index contributed by atoms with van der Waals surface area (Å²) in [6.45, 7) is 4.00. The van der Waals surface area contributed by atoms with E-state index in [2.05, 4.69) is 5.32 Å². The molecule has 25 heavy (non-hydrogen) atoms. The quantitative estimate of drug-likeness (QED) is 0.894. The minimum absolute atomic E-state index is 0.0656. The van der Waals surface area contributed by atoms with Gasteiger partial charge in [-0.15, -0.1) is 0 Å². The topological polar surface area (TPSA) is 66.5 Å². The average Bonchev–Trinajstić information content (AvgIpc) is 2.96. The number of hydrogen-bond acceptors (Lipinski definition) is 3. The second kappa shape index (κ2) is 6.88. The van der Waals surface area contributed by atoms with E-state index >= 15 is 0 Å². The van der Waals surface area contributed by atoms with Crippen molar-refractivity contribution in [2.75, 3.05) is 10.1 Å². The Morgan fingerprint density at radius 1 is 1.20 bits per heavy atom. The molecule has 1 heterocycles. The molecule has 1 aliphatic rings. The number of benzene rings is 2. The largest absolute Gasteiger partial charge is 0.348 e. The molecular weight excluding hydrogens is 336 g/mol. The maximum absolute atomic E-state index is 12.4. The zero-order chi connectivity index (χ0) is 18.0. The molecule has 1 aliphatic heterocycles. The molecule has 0 radical (unpaired) electrons. The standard InChI is InChI=1S/C19H22N2O3S/c1-3-25(23,24)21-14(2)11-17-12-16(9-10-18(17)21)19(22)20-13-15-7-5-4-6-8-15/h4-10,12,14H,3,11,13H2,1-2H3,(H,20,22)/t14-/m1/s1.